The molecule has 1 N–H and O–H groups in total. The van der Waals surface area contributed by atoms with E-state index in [1.54, 1.807) is 49.6 Å². The second kappa shape index (κ2) is 7.12. The zero-order valence-electron chi connectivity index (χ0n) is 13.9. The van der Waals surface area contributed by atoms with Gasteiger partial charge in [0.1, 0.15) is 12.3 Å². The van der Waals surface area contributed by atoms with Crippen LogP contribution >= 0.6 is 0 Å². The second-order valence-corrected chi connectivity index (χ2v) is 5.42. The third-order valence-electron chi connectivity index (χ3n) is 3.70. The average Bonchev–Trinajstić information content (AvgIpc) is 3.07. The van der Waals surface area contributed by atoms with Gasteiger partial charge in [-0.15, -0.1) is 0 Å². The number of fused-ring (bicyclic) bond motifs is 1. The van der Waals surface area contributed by atoms with Crippen LogP contribution in [-0.2, 0) is 9.59 Å². The smallest absolute Gasteiger partial charge is 0.244 e. The Morgan fingerprint density at radius 3 is 2.72 bits per heavy atom. The number of nitrogens with zero attached hydrogens (tertiary/aromatic N) is 1. The van der Waals surface area contributed by atoms with Gasteiger partial charge in [0.2, 0.25) is 18.6 Å². The first-order chi connectivity index (χ1) is 12.1. The van der Waals surface area contributed by atoms with Crippen molar-refractivity contribution in [1.29, 1.82) is 0 Å². The van der Waals surface area contributed by atoms with Gasteiger partial charge >= 0.3 is 0 Å². The fourth-order valence-electron chi connectivity index (χ4n) is 2.48. The summed E-state index contributed by atoms with van der Waals surface area (Å²) in [5, 5.41) is 2.76. The first-order valence-electron chi connectivity index (χ1n) is 7.68. The molecule has 1 heterocycles. The molecule has 7 nitrogen and oxygen atoms in total. The van der Waals surface area contributed by atoms with Crippen LogP contribution in [0.1, 0.15) is 6.92 Å². The maximum Gasteiger partial charge on any atom is 0.244 e. The summed E-state index contributed by atoms with van der Waals surface area (Å²) < 4.78 is 15.7. The van der Waals surface area contributed by atoms with Gasteiger partial charge in [0.25, 0.3) is 0 Å². The Bertz CT molecular complexity index is 806. The van der Waals surface area contributed by atoms with Crippen LogP contribution in [-0.4, -0.2) is 32.3 Å². The van der Waals surface area contributed by atoms with Crippen molar-refractivity contribution in [2.75, 3.05) is 30.7 Å². The lowest BCUT2D eigenvalue weighted by atomic mass is 10.2. The summed E-state index contributed by atoms with van der Waals surface area (Å²) in [5.74, 6) is 1.24. The van der Waals surface area contributed by atoms with E-state index in [2.05, 4.69) is 5.32 Å². The molecule has 0 atom stereocenters. The molecule has 3 rings (SSSR count). The number of carbonyl (C=O) groups is 2. The summed E-state index contributed by atoms with van der Waals surface area (Å²) in [6.45, 7) is 1.44. The van der Waals surface area contributed by atoms with Crippen LogP contribution in [0.3, 0.4) is 0 Å². The van der Waals surface area contributed by atoms with Crippen LogP contribution in [0.2, 0.25) is 0 Å². The molecule has 0 bridgehead atoms. The highest BCUT2D eigenvalue weighted by molar-refractivity contribution is 6.02. The molecule has 0 aromatic heterocycles. The first-order valence-corrected chi connectivity index (χ1v) is 7.68. The van der Waals surface area contributed by atoms with E-state index in [0.29, 0.717) is 28.6 Å². The standard InChI is InChI=1S/C18H18N2O5/c1-12(21)20(14-6-7-16-17(9-14)25-11-24-16)10-18(22)19-13-4-3-5-15(8-13)23-2/h3-9H,10-11H2,1-2H3,(H,19,22). The van der Waals surface area contributed by atoms with E-state index in [-0.39, 0.29) is 25.2 Å². The molecular formula is C18H18N2O5. The Morgan fingerprint density at radius 2 is 1.96 bits per heavy atom. The van der Waals surface area contributed by atoms with E-state index in [9.17, 15) is 9.59 Å². The summed E-state index contributed by atoms with van der Waals surface area (Å²) in [6, 6.07) is 12.1. The van der Waals surface area contributed by atoms with Gasteiger partial charge < -0.3 is 24.4 Å². The molecule has 0 spiro atoms. The molecule has 0 unspecified atom stereocenters. The maximum absolute atomic E-state index is 12.3. The van der Waals surface area contributed by atoms with E-state index >= 15 is 0 Å². The Balaban J connectivity index is 1.73. The number of benzene rings is 2. The van der Waals surface area contributed by atoms with Gasteiger partial charge in [-0.3, -0.25) is 9.59 Å². The number of hydrogen-bond donors (Lipinski definition) is 1. The van der Waals surface area contributed by atoms with Gasteiger partial charge in [0.15, 0.2) is 11.5 Å². The second-order valence-electron chi connectivity index (χ2n) is 5.42. The summed E-state index contributed by atoms with van der Waals surface area (Å²) in [6.07, 6.45) is 0. The van der Waals surface area contributed by atoms with E-state index in [1.165, 1.54) is 11.8 Å². The third-order valence-corrected chi connectivity index (χ3v) is 3.70. The highest BCUT2D eigenvalue weighted by Gasteiger charge is 2.20. The number of amides is 2. The molecule has 25 heavy (non-hydrogen) atoms. The number of nitrogens with one attached hydrogen (secondary N) is 1. The number of rotatable bonds is 5. The molecule has 0 aliphatic carbocycles. The Morgan fingerprint density at radius 1 is 1.16 bits per heavy atom. The average molecular weight is 342 g/mol. The predicted molar refractivity (Wildman–Crippen MR) is 92.2 cm³/mol. The minimum Gasteiger partial charge on any atom is -0.497 e. The lowest BCUT2D eigenvalue weighted by molar-refractivity contribution is -0.120. The Hall–Kier alpha value is -3.22. The topological polar surface area (TPSA) is 77.1 Å². The molecule has 2 aromatic rings. The third kappa shape index (κ3) is 3.82. The van der Waals surface area contributed by atoms with E-state index in [4.69, 9.17) is 14.2 Å². The number of methoxy groups -OCH3 is 1. The van der Waals surface area contributed by atoms with E-state index < -0.39 is 0 Å². The van der Waals surface area contributed by atoms with Gasteiger partial charge in [0.05, 0.1) is 7.11 Å². The summed E-state index contributed by atoms with van der Waals surface area (Å²) in [4.78, 5) is 25.7. The molecule has 2 aromatic carbocycles. The fraction of sp³-hybridized carbons (Fsp3) is 0.222. The highest BCUT2D eigenvalue weighted by atomic mass is 16.7. The molecule has 1 aliphatic heterocycles. The van der Waals surface area contributed by atoms with Crippen molar-refractivity contribution < 1.29 is 23.8 Å². The molecule has 0 saturated carbocycles. The van der Waals surface area contributed by atoms with E-state index in [1.807, 2.05) is 0 Å². The number of anilines is 2. The van der Waals surface area contributed by atoms with Crippen LogP contribution in [0, 0.1) is 0 Å². The number of carbonyl (C=O) groups excluding carboxylic acids is 2. The van der Waals surface area contributed by atoms with Crippen LogP contribution in [0.5, 0.6) is 17.2 Å². The minimum atomic E-state index is -0.318. The Labute approximate surface area is 145 Å². The van der Waals surface area contributed by atoms with Crippen molar-refractivity contribution in [3.63, 3.8) is 0 Å². The molecular weight excluding hydrogens is 324 g/mol. The number of hydrogen-bond acceptors (Lipinski definition) is 5. The van der Waals surface area contributed by atoms with Gasteiger partial charge in [-0.05, 0) is 24.3 Å². The van der Waals surface area contributed by atoms with Crippen LogP contribution in [0.15, 0.2) is 42.5 Å². The SMILES string of the molecule is COc1cccc(NC(=O)CN(C(C)=O)c2ccc3c(c2)OCO3)c1. The molecule has 1 aliphatic rings. The van der Waals surface area contributed by atoms with Crippen molar-refractivity contribution in [2.45, 2.75) is 6.92 Å². The monoisotopic (exact) mass is 342 g/mol. The van der Waals surface area contributed by atoms with Crippen molar-refractivity contribution >= 4 is 23.2 Å². The first kappa shape index (κ1) is 16.6. The lowest BCUT2D eigenvalue weighted by Crippen LogP contribution is -2.36. The van der Waals surface area contributed by atoms with Crippen LogP contribution in [0.25, 0.3) is 0 Å². The summed E-state index contributed by atoms with van der Waals surface area (Å²) >= 11 is 0. The van der Waals surface area contributed by atoms with Crippen LogP contribution < -0.4 is 24.4 Å². The maximum atomic E-state index is 12.3. The zero-order chi connectivity index (χ0) is 17.8. The van der Waals surface area contributed by atoms with Gasteiger partial charge in [0, 0.05) is 30.4 Å². The van der Waals surface area contributed by atoms with E-state index in [0.717, 1.165) is 0 Å². The van der Waals surface area contributed by atoms with Gasteiger partial charge in [-0.2, -0.15) is 0 Å². The normalized spacial score (nSPS) is 11.8. The van der Waals surface area contributed by atoms with Crippen molar-refractivity contribution in [3.05, 3.63) is 42.5 Å². The van der Waals surface area contributed by atoms with Crippen molar-refractivity contribution in [2.24, 2.45) is 0 Å². The largest absolute Gasteiger partial charge is 0.497 e. The lowest BCUT2D eigenvalue weighted by Gasteiger charge is -2.21. The minimum absolute atomic E-state index is 0.119. The molecule has 130 valence electrons. The van der Waals surface area contributed by atoms with Gasteiger partial charge in [-0.1, -0.05) is 6.07 Å². The summed E-state index contributed by atoms with van der Waals surface area (Å²) in [5.41, 5.74) is 1.16. The van der Waals surface area contributed by atoms with Crippen molar-refractivity contribution in [1.82, 2.24) is 0 Å². The fourth-order valence-corrected chi connectivity index (χ4v) is 2.48. The Kier molecular flexibility index (Phi) is 4.74. The molecule has 0 fully saturated rings. The number of ether oxygens (including phenoxy) is 3. The quantitative estimate of drug-likeness (QED) is 0.903. The van der Waals surface area contributed by atoms with Crippen molar-refractivity contribution in [3.8, 4) is 17.2 Å². The molecule has 7 heteroatoms. The summed E-state index contributed by atoms with van der Waals surface area (Å²) in [7, 11) is 1.55. The molecule has 0 saturated heterocycles. The molecule has 0 radical (unpaired) electrons. The van der Waals surface area contributed by atoms with Gasteiger partial charge in [-0.25, -0.2) is 0 Å². The zero-order valence-corrected chi connectivity index (χ0v) is 13.9. The highest BCUT2D eigenvalue weighted by Crippen LogP contribution is 2.35. The predicted octanol–water partition coefficient (Wildman–Crippen LogP) is 2.42. The van der Waals surface area contributed by atoms with Crippen LogP contribution in [0.4, 0.5) is 11.4 Å². The molecule has 2 amide bonds.